The molecule has 1 aromatic carbocycles. The molecule has 0 N–H and O–H groups in total. The molecule has 21 heavy (non-hydrogen) atoms. The van der Waals surface area contributed by atoms with Gasteiger partial charge in [0.25, 0.3) is 0 Å². The van der Waals surface area contributed by atoms with Gasteiger partial charge in [-0.1, -0.05) is 19.1 Å². The van der Waals surface area contributed by atoms with Crippen LogP contribution < -0.4 is 0 Å². The lowest BCUT2D eigenvalue weighted by atomic mass is 9.68. The van der Waals surface area contributed by atoms with Gasteiger partial charge in [0.1, 0.15) is 5.82 Å². The second-order valence-corrected chi connectivity index (χ2v) is 6.38. The Kier molecular flexibility index (Phi) is 3.74. The lowest BCUT2D eigenvalue weighted by Gasteiger charge is -2.40. The molecule has 4 heteroatoms. The molecule has 1 amide bonds. The fourth-order valence-corrected chi connectivity index (χ4v) is 4.01. The summed E-state index contributed by atoms with van der Waals surface area (Å²) in [7, 11) is 1.89. The molecule has 114 valence electrons. The van der Waals surface area contributed by atoms with E-state index in [1.807, 2.05) is 24.1 Å². The van der Waals surface area contributed by atoms with Crippen molar-refractivity contribution >= 4 is 5.91 Å². The molecule has 3 nitrogen and oxygen atoms in total. The quantitative estimate of drug-likeness (QED) is 0.835. The van der Waals surface area contributed by atoms with Crippen LogP contribution in [0.1, 0.15) is 31.2 Å². The van der Waals surface area contributed by atoms with Crippen LogP contribution in [0.2, 0.25) is 0 Å². The number of benzene rings is 1. The summed E-state index contributed by atoms with van der Waals surface area (Å²) in [5, 5.41) is 0. The van der Waals surface area contributed by atoms with Gasteiger partial charge in [-0.25, -0.2) is 4.39 Å². The number of rotatable bonds is 2. The zero-order valence-electron chi connectivity index (χ0n) is 12.8. The molecule has 1 spiro atoms. The number of likely N-dealkylation sites (tertiary alicyclic amines) is 2. The van der Waals surface area contributed by atoms with Crippen LogP contribution in [0, 0.1) is 11.2 Å². The first-order valence-electron chi connectivity index (χ1n) is 7.80. The molecule has 2 aliphatic heterocycles. The van der Waals surface area contributed by atoms with Gasteiger partial charge in [0.2, 0.25) is 5.91 Å². The molecule has 0 bridgehead atoms. The highest BCUT2D eigenvalue weighted by Gasteiger charge is 2.54. The average molecular weight is 290 g/mol. The van der Waals surface area contributed by atoms with Crippen LogP contribution in [0.15, 0.2) is 24.3 Å². The minimum Gasteiger partial charge on any atom is -0.345 e. The van der Waals surface area contributed by atoms with Gasteiger partial charge in [-0.3, -0.25) is 4.79 Å². The lowest BCUT2D eigenvalue weighted by Crippen LogP contribution is -2.46. The fourth-order valence-electron chi connectivity index (χ4n) is 4.01. The summed E-state index contributed by atoms with van der Waals surface area (Å²) < 4.78 is 13.2. The van der Waals surface area contributed by atoms with Crippen LogP contribution in [0.3, 0.4) is 0 Å². The van der Waals surface area contributed by atoms with Crippen molar-refractivity contribution in [2.75, 3.05) is 33.2 Å². The van der Waals surface area contributed by atoms with Crippen LogP contribution in [-0.2, 0) is 4.79 Å². The van der Waals surface area contributed by atoms with E-state index in [9.17, 15) is 9.18 Å². The molecule has 0 aromatic heterocycles. The number of likely N-dealkylation sites (N-methyl/N-ethyl adjacent to an activating group) is 1. The Balaban J connectivity index is 1.91. The molecule has 2 saturated heterocycles. The van der Waals surface area contributed by atoms with Crippen molar-refractivity contribution in [3.63, 3.8) is 0 Å². The van der Waals surface area contributed by atoms with E-state index in [1.165, 1.54) is 12.1 Å². The molecule has 0 aliphatic carbocycles. The minimum atomic E-state index is -0.280. The van der Waals surface area contributed by atoms with Crippen molar-refractivity contribution in [2.24, 2.45) is 5.41 Å². The number of halogens is 1. The van der Waals surface area contributed by atoms with Crippen LogP contribution >= 0.6 is 0 Å². The first-order valence-corrected chi connectivity index (χ1v) is 7.80. The van der Waals surface area contributed by atoms with Crippen LogP contribution in [0.5, 0.6) is 0 Å². The molecule has 1 unspecified atom stereocenters. The highest BCUT2D eigenvalue weighted by molar-refractivity contribution is 5.86. The standard InChI is InChI=1S/C17H23FN2O/c1-3-20-10-8-17(9-11-20)15(12-19(2)16(17)21)13-4-6-14(18)7-5-13/h4-7,15H,3,8-12H2,1-2H3. The normalized spacial score (nSPS) is 25.8. The Morgan fingerprint density at radius 2 is 1.86 bits per heavy atom. The molecule has 2 fully saturated rings. The van der Waals surface area contributed by atoms with Gasteiger partial charge in [-0.15, -0.1) is 0 Å². The average Bonchev–Trinajstić information content (AvgIpc) is 2.74. The maximum absolute atomic E-state index is 13.2. The molecule has 3 rings (SSSR count). The summed E-state index contributed by atoms with van der Waals surface area (Å²) in [6, 6.07) is 6.71. The summed E-state index contributed by atoms with van der Waals surface area (Å²) in [6.07, 6.45) is 1.82. The van der Waals surface area contributed by atoms with Gasteiger partial charge in [0.15, 0.2) is 0 Å². The maximum atomic E-state index is 13.2. The van der Waals surface area contributed by atoms with E-state index < -0.39 is 0 Å². The number of hydrogen-bond acceptors (Lipinski definition) is 2. The zero-order chi connectivity index (χ0) is 15.0. The van der Waals surface area contributed by atoms with Crippen LogP contribution in [0.4, 0.5) is 4.39 Å². The number of hydrogen-bond donors (Lipinski definition) is 0. The summed E-state index contributed by atoms with van der Waals surface area (Å²) in [4.78, 5) is 17.0. The van der Waals surface area contributed by atoms with E-state index >= 15 is 0 Å². The zero-order valence-corrected chi connectivity index (χ0v) is 12.8. The third kappa shape index (κ3) is 2.35. The molecule has 2 heterocycles. The van der Waals surface area contributed by atoms with Gasteiger partial charge in [-0.05, 0) is 50.2 Å². The summed E-state index contributed by atoms with van der Waals surface area (Å²) in [5.41, 5.74) is 0.817. The minimum absolute atomic E-state index is 0.189. The molecular weight excluding hydrogens is 267 g/mol. The number of carbonyl (C=O) groups is 1. The van der Waals surface area contributed by atoms with Crippen molar-refractivity contribution in [2.45, 2.75) is 25.7 Å². The Morgan fingerprint density at radius 3 is 2.43 bits per heavy atom. The third-order valence-corrected chi connectivity index (χ3v) is 5.36. The lowest BCUT2D eigenvalue weighted by molar-refractivity contribution is -0.137. The second-order valence-electron chi connectivity index (χ2n) is 6.38. The van der Waals surface area contributed by atoms with E-state index in [2.05, 4.69) is 11.8 Å². The number of piperidine rings is 1. The van der Waals surface area contributed by atoms with E-state index in [4.69, 9.17) is 0 Å². The molecule has 0 saturated carbocycles. The Morgan fingerprint density at radius 1 is 1.24 bits per heavy atom. The second kappa shape index (κ2) is 5.41. The van der Waals surface area contributed by atoms with E-state index in [0.717, 1.165) is 44.6 Å². The van der Waals surface area contributed by atoms with Gasteiger partial charge >= 0.3 is 0 Å². The van der Waals surface area contributed by atoms with Crippen molar-refractivity contribution in [1.82, 2.24) is 9.80 Å². The van der Waals surface area contributed by atoms with E-state index in [1.54, 1.807) is 0 Å². The summed E-state index contributed by atoms with van der Waals surface area (Å²) in [5.74, 6) is 0.244. The topological polar surface area (TPSA) is 23.6 Å². The van der Waals surface area contributed by atoms with Gasteiger partial charge in [0, 0.05) is 19.5 Å². The highest BCUT2D eigenvalue weighted by atomic mass is 19.1. The molecule has 1 aromatic rings. The monoisotopic (exact) mass is 290 g/mol. The summed E-state index contributed by atoms with van der Waals surface area (Å²) in [6.45, 7) is 5.91. The predicted octanol–water partition coefficient (Wildman–Crippen LogP) is 2.48. The van der Waals surface area contributed by atoms with Crippen molar-refractivity contribution in [3.8, 4) is 0 Å². The van der Waals surface area contributed by atoms with Crippen molar-refractivity contribution in [1.29, 1.82) is 0 Å². The van der Waals surface area contributed by atoms with E-state index in [-0.39, 0.29) is 23.1 Å². The first-order chi connectivity index (χ1) is 10.1. The molecule has 1 atom stereocenters. The SMILES string of the molecule is CCN1CCC2(CC1)C(=O)N(C)CC2c1ccc(F)cc1. The van der Waals surface area contributed by atoms with Crippen molar-refractivity contribution in [3.05, 3.63) is 35.6 Å². The van der Waals surface area contributed by atoms with Crippen LogP contribution in [-0.4, -0.2) is 48.9 Å². The summed E-state index contributed by atoms with van der Waals surface area (Å²) >= 11 is 0. The Bertz CT molecular complexity index is 520. The van der Waals surface area contributed by atoms with Gasteiger partial charge in [0.05, 0.1) is 5.41 Å². The first kappa shape index (κ1) is 14.5. The molecule has 0 radical (unpaired) electrons. The van der Waals surface area contributed by atoms with Gasteiger partial charge < -0.3 is 9.80 Å². The fraction of sp³-hybridized carbons (Fsp3) is 0.588. The highest BCUT2D eigenvalue weighted by Crippen LogP contribution is 2.50. The predicted molar refractivity (Wildman–Crippen MR) is 80.6 cm³/mol. The number of nitrogens with zero attached hydrogens (tertiary/aromatic N) is 2. The third-order valence-electron chi connectivity index (χ3n) is 5.36. The van der Waals surface area contributed by atoms with Gasteiger partial charge in [-0.2, -0.15) is 0 Å². The molecule has 2 aliphatic rings. The number of carbonyl (C=O) groups excluding carboxylic acids is 1. The number of amides is 1. The molecular formula is C17H23FN2O. The Labute approximate surface area is 125 Å². The van der Waals surface area contributed by atoms with Crippen molar-refractivity contribution < 1.29 is 9.18 Å². The maximum Gasteiger partial charge on any atom is 0.229 e. The largest absolute Gasteiger partial charge is 0.345 e. The smallest absolute Gasteiger partial charge is 0.229 e. The van der Waals surface area contributed by atoms with E-state index in [0.29, 0.717) is 0 Å². The van der Waals surface area contributed by atoms with Crippen LogP contribution in [0.25, 0.3) is 0 Å². The Hall–Kier alpha value is -1.42.